The summed E-state index contributed by atoms with van der Waals surface area (Å²) in [6.07, 6.45) is 10.5. The maximum absolute atomic E-state index is 10.0. The molecule has 2 unspecified atom stereocenters. The first-order valence-electron chi connectivity index (χ1n) is 6.65. The summed E-state index contributed by atoms with van der Waals surface area (Å²) in [5.41, 5.74) is 1.89. The van der Waals surface area contributed by atoms with Crippen molar-refractivity contribution in [3.63, 3.8) is 0 Å². The normalized spacial score (nSPS) is 14.3. The largest absolute Gasteiger partial charge is 0.387 e. The second-order valence-corrected chi connectivity index (χ2v) is 4.64. The lowest BCUT2D eigenvalue weighted by Gasteiger charge is -2.14. The average molecular weight is 269 g/mol. The standard InChI is InChI=1S/C16H19N3O/c1-13(6-7-14-4-2-8-17-10-14)19-12-16(20)15-5-3-9-18-11-15/h2-11,13,16,19-20H,12H2,1H3/b7-6+. The Labute approximate surface area is 119 Å². The third-order valence-corrected chi connectivity index (χ3v) is 2.96. The molecule has 4 nitrogen and oxygen atoms in total. The predicted octanol–water partition coefficient (Wildman–Crippen LogP) is 2.20. The number of aliphatic hydroxyl groups excluding tert-OH is 1. The van der Waals surface area contributed by atoms with Gasteiger partial charge in [-0.15, -0.1) is 0 Å². The molecule has 0 spiro atoms. The minimum absolute atomic E-state index is 0.168. The first-order chi connectivity index (χ1) is 9.75. The van der Waals surface area contributed by atoms with Crippen molar-refractivity contribution in [1.29, 1.82) is 0 Å². The minimum Gasteiger partial charge on any atom is -0.387 e. The summed E-state index contributed by atoms with van der Waals surface area (Å²) in [6, 6.07) is 7.77. The molecule has 20 heavy (non-hydrogen) atoms. The molecule has 104 valence electrons. The van der Waals surface area contributed by atoms with Gasteiger partial charge in [0.05, 0.1) is 6.10 Å². The van der Waals surface area contributed by atoms with Crippen molar-refractivity contribution >= 4 is 6.08 Å². The van der Waals surface area contributed by atoms with Crippen LogP contribution in [0.4, 0.5) is 0 Å². The molecule has 0 amide bonds. The van der Waals surface area contributed by atoms with Crippen LogP contribution in [-0.2, 0) is 0 Å². The number of hydrogen-bond donors (Lipinski definition) is 2. The van der Waals surface area contributed by atoms with Crippen LogP contribution < -0.4 is 5.32 Å². The molecule has 2 N–H and O–H groups in total. The van der Waals surface area contributed by atoms with Crippen molar-refractivity contribution in [2.45, 2.75) is 19.1 Å². The zero-order chi connectivity index (χ0) is 14.2. The van der Waals surface area contributed by atoms with E-state index in [2.05, 4.69) is 15.3 Å². The zero-order valence-electron chi connectivity index (χ0n) is 11.5. The van der Waals surface area contributed by atoms with Gasteiger partial charge in [0.25, 0.3) is 0 Å². The van der Waals surface area contributed by atoms with E-state index in [0.717, 1.165) is 11.1 Å². The van der Waals surface area contributed by atoms with Crippen LogP contribution in [0.3, 0.4) is 0 Å². The van der Waals surface area contributed by atoms with E-state index >= 15 is 0 Å². The van der Waals surface area contributed by atoms with Gasteiger partial charge in [-0.25, -0.2) is 0 Å². The van der Waals surface area contributed by atoms with Crippen LogP contribution in [-0.4, -0.2) is 27.7 Å². The van der Waals surface area contributed by atoms with E-state index in [0.29, 0.717) is 6.54 Å². The van der Waals surface area contributed by atoms with Gasteiger partial charge in [0.1, 0.15) is 0 Å². The molecule has 0 bridgehead atoms. The van der Waals surface area contributed by atoms with E-state index < -0.39 is 6.10 Å². The molecule has 2 rings (SSSR count). The molecule has 0 aliphatic heterocycles. The fourth-order valence-corrected chi connectivity index (χ4v) is 1.79. The van der Waals surface area contributed by atoms with Gasteiger partial charge in [0.2, 0.25) is 0 Å². The SMILES string of the molecule is CC(/C=C/c1cccnc1)NCC(O)c1cccnc1. The summed E-state index contributed by atoms with van der Waals surface area (Å²) in [7, 11) is 0. The van der Waals surface area contributed by atoms with E-state index in [4.69, 9.17) is 0 Å². The maximum atomic E-state index is 10.0. The quantitative estimate of drug-likeness (QED) is 0.844. The second kappa shape index (κ2) is 7.53. The van der Waals surface area contributed by atoms with Gasteiger partial charge >= 0.3 is 0 Å². The maximum Gasteiger partial charge on any atom is 0.0929 e. The fraction of sp³-hybridized carbons (Fsp3) is 0.250. The Balaban J connectivity index is 1.81. The van der Waals surface area contributed by atoms with Crippen molar-refractivity contribution < 1.29 is 5.11 Å². The summed E-state index contributed by atoms with van der Waals surface area (Å²) in [5.74, 6) is 0. The van der Waals surface area contributed by atoms with E-state index in [-0.39, 0.29) is 6.04 Å². The Morgan fingerprint density at radius 2 is 1.95 bits per heavy atom. The predicted molar refractivity (Wildman–Crippen MR) is 79.9 cm³/mol. The number of aliphatic hydroxyl groups is 1. The Kier molecular flexibility index (Phi) is 5.41. The van der Waals surface area contributed by atoms with Crippen LogP contribution >= 0.6 is 0 Å². The number of hydrogen-bond acceptors (Lipinski definition) is 4. The number of rotatable bonds is 6. The molecule has 2 atom stereocenters. The van der Waals surface area contributed by atoms with Crippen LogP contribution in [0.1, 0.15) is 24.2 Å². The highest BCUT2D eigenvalue weighted by molar-refractivity contribution is 5.48. The van der Waals surface area contributed by atoms with Crippen molar-refractivity contribution in [2.75, 3.05) is 6.54 Å². The molecule has 0 radical (unpaired) electrons. The van der Waals surface area contributed by atoms with E-state index in [1.165, 1.54) is 0 Å². The van der Waals surface area contributed by atoms with Gasteiger partial charge in [-0.1, -0.05) is 24.3 Å². The smallest absolute Gasteiger partial charge is 0.0929 e. The summed E-state index contributed by atoms with van der Waals surface area (Å²) in [5, 5.41) is 13.3. The monoisotopic (exact) mass is 269 g/mol. The van der Waals surface area contributed by atoms with Gasteiger partial charge in [0, 0.05) is 42.9 Å². The molecule has 0 fully saturated rings. The van der Waals surface area contributed by atoms with Crippen LogP contribution in [0.15, 0.2) is 55.1 Å². The topological polar surface area (TPSA) is 58.0 Å². The Hall–Kier alpha value is -2.04. The van der Waals surface area contributed by atoms with Gasteiger partial charge in [0.15, 0.2) is 0 Å². The number of pyridine rings is 2. The molecule has 4 heteroatoms. The first kappa shape index (κ1) is 14.4. The Bertz CT molecular complexity index is 528. The lowest BCUT2D eigenvalue weighted by Crippen LogP contribution is -2.28. The molecule has 0 saturated heterocycles. The lowest BCUT2D eigenvalue weighted by molar-refractivity contribution is 0.172. The highest BCUT2D eigenvalue weighted by Crippen LogP contribution is 2.09. The molecule has 2 heterocycles. The van der Waals surface area contributed by atoms with Crippen LogP contribution in [0.5, 0.6) is 0 Å². The average Bonchev–Trinajstić information content (AvgIpc) is 2.52. The molecule has 0 aromatic carbocycles. The number of aromatic nitrogens is 2. The molecular formula is C16H19N3O. The molecule has 2 aromatic heterocycles. The molecular weight excluding hydrogens is 250 g/mol. The molecule has 0 saturated carbocycles. The van der Waals surface area contributed by atoms with E-state index in [9.17, 15) is 5.11 Å². The van der Waals surface area contributed by atoms with Crippen molar-refractivity contribution in [3.05, 3.63) is 66.3 Å². The second-order valence-electron chi connectivity index (χ2n) is 4.64. The van der Waals surface area contributed by atoms with Gasteiger partial charge in [-0.2, -0.15) is 0 Å². The van der Waals surface area contributed by atoms with Crippen LogP contribution in [0.2, 0.25) is 0 Å². The molecule has 0 aliphatic carbocycles. The third kappa shape index (κ3) is 4.57. The summed E-state index contributed by atoms with van der Waals surface area (Å²) < 4.78 is 0. The van der Waals surface area contributed by atoms with Gasteiger partial charge < -0.3 is 10.4 Å². The summed E-state index contributed by atoms with van der Waals surface area (Å²) in [6.45, 7) is 2.53. The van der Waals surface area contributed by atoms with E-state index in [1.54, 1.807) is 18.6 Å². The van der Waals surface area contributed by atoms with E-state index in [1.807, 2.05) is 49.5 Å². The highest BCUT2D eigenvalue weighted by atomic mass is 16.3. The number of nitrogens with zero attached hydrogens (tertiary/aromatic N) is 2. The summed E-state index contributed by atoms with van der Waals surface area (Å²) in [4.78, 5) is 8.06. The zero-order valence-corrected chi connectivity index (χ0v) is 11.5. The highest BCUT2D eigenvalue weighted by Gasteiger charge is 2.07. The lowest BCUT2D eigenvalue weighted by atomic mass is 10.1. The van der Waals surface area contributed by atoms with Gasteiger partial charge in [-0.3, -0.25) is 9.97 Å². The number of nitrogens with one attached hydrogen (secondary N) is 1. The van der Waals surface area contributed by atoms with Crippen molar-refractivity contribution in [1.82, 2.24) is 15.3 Å². The van der Waals surface area contributed by atoms with Crippen molar-refractivity contribution in [3.8, 4) is 0 Å². The first-order valence-corrected chi connectivity index (χ1v) is 6.65. The Morgan fingerprint density at radius 1 is 1.20 bits per heavy atom. The molecule has 2 aromatic rings. The van der Waals surface area contributed by atoms with Gasteiger partial charge in [-0.05, 0) is 24.6 Å². The third-order valence-electron chi connectivity index (χ3n) is 2.96. The van der Waals surface area contributed by atoms with Crippen LogP contribution in [0.25, 0.3) is 6.08 Å². The summed E-state index contributed by atoms with van der Waals surface area (Å²) >= 11 is 0. The van der Waals surface area contributed by atoms with Crippen LogP contribution in [0, 0.1) is 0 Å². The Morgan fingerprint density at radius 3 is 2.60 bits per heavy atom. The molecule has 0 aliphatic rings. The minimum atomic E-state index is -0.544. The fourth-order valence-electron chi connectivity index (χ4n) is 1.79. The van der Waals surface area contributed by atoms with Crippen molar-refractivity contribution in [2.24, 2.45) is 0 Å².